The van der Waals surface area contributed by atoms with Crippen molar-refractivity contribution in [3.05, 3.63) is 114 Å². The number of benzene rings is 3. The summed E-state index contributed by atoms with van der Waals surface area (Å²) < 4.78 is 1.43. The van der Waals surface area contributed by atoms with E-state index in [0.29, 0.717) is 69.8 Å². The number of hydrogen-bond donors (Lipinski definition) is 18. The molecule has 4 aliphatic heterocycles. The van der Waals surface area contributed by atoms with Gasteiger partial charge in [-0.2, -0.15) is 0 Å². The molecule has 4 aliphatic rings. The molecule has 2 aromatic heterocycles. The first kappa shape index (κ1) is 105. The standard InChI is InChI=1S/C92H126N22O22/c1-9-11-21-70-85(129)104-62(34-50(3)4)83(127)108-68(82(126)99-44-76(95)119)43-97-45-77(120)101-65(35-52-25-27-56(115)28-26-52)88(132)109(6)51(5)80(124)107-67(40-75(94)118)91(135)113-33-17-24-71(113)86(130)105-63(36-53-31-32-96-41-53)84(128)103-61(29-30-74(93)117)90(134)114-48-57(116)39-73(114)87(131)106-64(37-54-42-98-60-20-15-13-18-58(54)60)81(125)100-46-78(121)102-66(89(133)111(8)72(22-12-10-2)92(136)110(70)7)38-55-47-112(49-79(122)123)69-23-16-14-19-59(55)69/h13-16,18-20,23,25-28,32,41-42,47,50-51,57,61-68,70-73,97-98,115-116H,9-12,17,21-22,24,29-31,33-40,43-46,48-49H2,1-8H3,(H2,93,117)(H2,94,118)(H2,95,119)(H,99,126)(H,100,125)(H,101,120)(H,102,121)(H,103,128)(H,104,129)(H,105,130)(H,106,131)(H,107,124)(H,108,127)(H,122,123)/t51-,57+,61-,62-,63-,64-,65-,66-,67-,68-,70-,71-,72-,73-/m0/s1. The van der Waals surface area contributed by atoms with E-state index in [4.69, 9.17) is 17.2 Å². The van der Waals surface area contributed by atoms with E-state index in [-0.39, 0.29) is 82.4 Å². The number of phenols is 1. The molecule has 18 amide bonds. The third-order valence-corrected chi connectivity index (χ3v) is 24.5. The summed E-state index contributed by atoms with van der Waals surface area (Å²) in [7, 11) is 3.87. The molecule has 14 atom stereocenters. The van der Waals surface area contributed by atoms with Crippen LogP contribution in [0.4, 0.5) is 0 Å². The zero-order valence-corrected chi connectivity index (χ0v) is 77.5. The highest BCUT2D eigenvalue weighted by Gasteiger charge is 2.47. The number of primary amides is 3. The summed E-state index contributed by atoms with van der Waals surface area (Å²) in [5.41, 5.74) is 19.6. The molecule has 736 valence electrons. The Bertz CT molecular complexity index is 5300. The van der Waals surface area contributed by atoms with Crippen LogP contribution in [0.15, 0.2) is 102 Å². The molecular weight excluding hydrogens is 1770 g/mol. The van der Waals surface area contributed by atoms with E-state index < -0.39 is 262 Å². The van der Waals surface area contributed by atoms with Gasteiger partial charge in [0.1, 0.15) is 90.8 Å². The van der Waals surface area contributed by atoms with Crippen molar-refractivity contribution in [2.45, 2.75) is 241 Å². The number of hydrogen-bond acceptors (Lipinski definition) is 23. The number of fused-ring (bicyclic) bond motifs is 4. The number of nitrogens with zero attached hydrogens (tertiary/aromatic N) is 7. The first-order valence-electron chi connectivity index (χ1n) is 45.6. The van der Waals surface area contributed by atoms with Gasteiger partial charge in [0, 0.05) is 126 Å². The molecule has 0 saturated carbocycles. The summed E-state index contributed by atoms with van der Waals surface area (Å²) in [4.78, 5) is 287. The number of aliphatic carboxylic acids is 1. The lowest BCUT2D eigenvalue weighted by Crippen LogP contribution is -2.61. The monoisotopic (exact) mass is 1890 g/mol. The summed E-state index contributed by atoms with van der Waals surface area (Å²) in [6, 6.07) is -1.27. The number of carbonyl (C=O) groups excluding carboxylic acids is 18. The van der Waals surface area contributed by atoms with Gasteiger partial charge in [0.25, 0.3) is 0 Å². The molecular formula is C92H126N22O22. The van der Waals surface area contributed by atoms with Crippen LogP contribution in [0, 0.1) is 5.92 Å². The Balaban J connectivity index is 1.10. The van der Waals surface area contributed by atoms with Gasteiger partial charge in [-0.15, -0.1) is 0 Å². The number of rotatable bonds is 26. The Hall–Kier alpha value is -14.2. The first-order valence-corrected chi connectivity index (χ1v) is 45.6. The first-order chi connectivity index (χ1) is 64.6. The number of H-pyrrole nitrogens is 1. The molecule has 21 N–H and O–H groups in total. The number of aliphatic hydroxyl groups excluding tert-OH is 1. The average molecular weight is 1890 g/mol. The molecule has 9 rings (SSSR count). The quantitative estimate of drug-likeness (QED) is 0.0261. The predicted octanol–water partition coefficient (Wildman–Crippen LogP) is -3.09. The van der Waals surface area contributed by atoms with Crippen LogP contribution in [-0.4, -0.2) is 313 Å². The molecule has 6 heterocycles. The molecule has 44 nitrogen and oxygen atoms in total. The fourth-order valence-corrected chi connectivity index (χ4v) is 17.1. The molecule has 0 bridgehead atoms. The second-order valence-electron chi connectivity index (χ2n) is 35.2. The van der Waals surface area contributed by atoms with Gasteiger partial charge in [0.05, 0.1) is 32.2 Å². The number of aliphatic hydroxyl groups is 1. The van der Waals surface area contributed by atoms with Crippen LogP contribution in [0.1, 0.15) is 148 Å². The fourth-order valence-electron chi connectivity index (χ4n) is 17.1. The van der Waals surface area contributed by atoms with Gasteiger partial charge in [-0.3, -0.25) is 96.1 Å². The Morgan fingerprint density at radius 1 is 0.566 bits per heavy atom. The highest BCUT2D eigenvalue weighted by Crippen LogP contribution is 2.29. The normalized spacial score (nSPS) is 24.5. The van der Waals surface area contributed by atoms with E-state index in [0.717, 1.165) is 24.5 Å². The van der Waals surface area contributed by atoms with Crippen LogP contribution in [0.3, 0.4) is 0 Å². The Morgan fingerprint density at radius 3 is 1.80 bits per heavy atom. The number of aromatic nitrogens is 2. The Morgan fingerprint density at radius 2 is 1.15 bits per heavy atom. The largest absolute Gasteiger partial charge is 0.508 e. The zero-order chi connectivity index (χ0) is 99.5. The van der Waals surface area contributed by atoms with E-state index in [2.05, 4.69) is 68.5 Å². The predicted molar refractivity (Wildman–Crippen MR) is 493 cm³/mol. The minimum Gasteiger partial charge on any atom is -0.508 e. The molecule has 136 heavy (non-hydrogen) atoms. The molecule has 0 aliphatic carbocycles. The number of amides is 18. The molecule has 0 radical (unpaired) electrons. The molecule has 3 fully saturated rings. The number of aromatic amines is 1. The molecule has 3 saturated heterocycles. The van der Waals surface area contributed by atoms with Crippen LogP contribution in [0.25, 0.3) is 21.8 Å². The molecule has 5 aromatic rings. The number of carboxylic acids is 1. The fraction of sp³-hybridized carbons (Fsp3) is 0.522. The second kappa shape index (κ2) is 49.7. The SMILES string of the molecule is CCCC[C@H]1C(=O)N(C)[C@@H](CCCC)C(=O)N[C@@H](CC(C)C)C(=O)N[C@H](C(=O)NCC(N)=O)CNCC(=O)N[C@@H](Cc2ccc(O)cc2)C(=O)N(C)[C@@H](C)C(=O)N[C@@H](CC(N)=O)C(=O)N2CCC[C@H]2C(=O)N[C@@H](CC2=CN=CC2)C(=O)N[C@@H](CCC(N)=O)C(=O)N2C[C@H](O)C[C@H]2C(=O)N[C@@H](Cc2c[nH]c3ccccc23)C(=O)NCC(=O)N[C@@H](Cc2cn(CC(=O)O)c3ccccc23)C(=O)N1C. The van der Waals surface area contributed by atoms with E-state index in [9.17, 15) is 72.9 Å². The van der Waals surface area contributed by atoms with Crippen molar-refractivity contribution in [2.75, 3.05) is 60.4 Å². The number of carboxylic acid groups (broad SMARTS) is 1. The van der Waals surface area contributed by atoms with Crippen molar-refractivity contribution in [1.82, 2.24) is 92.5 Å². The van der Waals surface area contributed by atoms with Crippen LogP contribution >= 0.6 is 0 Å². The molecule has 44 heteroatoms. The maximum atomic E-state index is 15.8. The molecule has 0 unspecified atom stereocenters. The number of aliphatic imine (C=N–C) groups is 1. The number of para-hydroxylation sites is 2. The van der Waals surface area contributed by atoms with Crippen LogP contribution in [-0.2, 0) is 117 Å². The van der Waals surface area contributed by atoms with Gasteiger partial charge >= 0.3 is 5.97 Å². The third-order valence-electron chi connectivity index (χ3n) is 24.5. The minimum absolute atomic E-state index is 0.00520. The van der Waals surface area contributed by atoms with E-state index >= 15 is 33.6 Å². The number of phenolic OH excluding ortho intramolecular Hbond substituents is 1. The minimum atomic E-state index is -1.81. The summed E-state index contributed by atoms with van der Waals surface area (Å²) in [5.74, 6) is -19.1. The smallest absolute Gasteiger partial charge is 0.323 e. The van der Waals surface area contributed by atoms with Crippen molar-refractivity contribution in [1.29, 1.82) is 0 Å². The van der Waals surface area contributed by atoms with Crippen LogP contribution in [0.2, 0.25) is 0 Å². The van der Waals surface area contributed by atoms with Crippen LogP contribution < -0.4 is 75.7 Å². The molecule has 3 aromatic carbocycles. The summed E-state index contributed by atoms with van der Waals surface area (Å²) in [6.45, 7) is 4.26. The van der Waals surface area contributed by atoms with E-state index in [1.54, 1.807) is 68.6 Å². The third kappa shape index (κ3) is 29.2. The lowest BCUT2D eigenvalue weighted by molar-refractivity contribution is -0.149. The number of likely N-dealkylation sites (N-methyl/N-ethyl adjacent to an activating group) is 3. The highest BCUT2D eigenvalue weighted by atomic mass is 16.4. The van der Waals surface area contributed by atoms with Gasteiger partial charge in [-0.05, 0) is 104 Å². The number of nitrogens with two attached hydrogens (primary N) is 3. The number of nitrogens with one attached hydrogen (secondary N) is 12. The average Bonchev–Trinajstić information content (AvgIpc) is 1.65. The van der Waals surface area contributed by atoms with Gasteiger partial charge < -0.3 is 125 Å². The molecule has 0 spiro atoms. The van der Waals surface area contributed by atoms with Gasteiger partial charge in [0.2, 0.25) is 106 Å². The Labute approximate surface area is 785 Å². The van der Waals surface area contributed by atoms with Gasteiger partial charge in [-0.25, -0.2) is 0 Å². The second-order valence-corrected chi connectivity index (χ2v) is 35.2. The summed E-state index contributed by atoms with van der Waals surface area (Å²) >= 11 is 0. The topological polar surface area (TPSA) is 645 Å². The van der Waals surface area contributed by atoms with Crippen molar-refractivity contribution in [3.63, 3.8) is 0 Å². The van der Waals surface area contributed by atoms with E-state index in [1.165, 1.54) is 75.5 Å². The Kier molecular flexibility index (Phi) is 38.5. The lowest BCUT2D eigenvalue weighted by Gasteiger charge is -2.36. The van der Waals surface area contributed by atoms with Crippen LogP contribution in [0.5, 0.6) is 5.75 Å². The zero-order valence-electron chi connectivity index (χ0n) is 77.5. The van der Waals surface area contributed by atoms with Crippen molar-refractivity contribution in [3.8, 4) is 5.75 Å². The van der Waals surface area contributed by atoms with Gasteiger partial charge in [-0.1, -0.05) is 102 Å². The van der Waals surface area contributed by atoms with E-state index in [1.807, 2.05) is 13.8 Å². The maximum Gasteiger partial charge on any atom is 0.323 e. The number of carbonyl (C=O) groups is 19. The summed E-state index contributed by atoms with van der Waals surface area (Å²) in [5, 5.41) is 61.7. The summed E-state index contributed by atoms with van der Waals surface area (Å²) in [6.07, 6.45) is 2.81. The maximum absolute atomic E-state index is 15.8. The van der Waals surface area contributed by atoms with Crippen molar-refractivity contribution in [2.24, 2.45) is 28.1 Å². The number of unbranched alkanes of at least 4 members (excludes halogenated alkanes) is 2. The number of aromatic hydroxyl groups is 1. The van der Waals surface area contributed by atoms with Crippen molar-refractivity contribution >= 4 is 140 Å². The lowest BCUT2D eigenvalue weighted by atomic mass is 9.99. The van der Waals surface area contributed by atoms with Gasteiger partial charge in [0.15, 0.2) is 0 Å². The highest BCUT2D eigenvalue weighted by molar-refractivity contribution is 6.03. The van der Waals surface area contributed by atoms with Crippen molar-refractivity contribution < 1.29 is 106 Å².